The van der Waals surface area contributed by atoms with Crippen LogP contribution in [0, 0.1) is 13.8 Å². The Hall–Kier alpha value is -1.06. The van der Waals surface area contributed by atoms with Gasteiger partial charge in [-0.25, -0.2) is 0 Å². The van der Waals surface area contributed by atoms with E-state index in [0.717, 1.165) is 25.4 Å². The summed E-state index contributed by atoms with van der Waals surface area (Å²) in [5.74, 6) is 0.970. The van der Waals surface area contributed by atoms with Crippen molar-refractivity contribution in [3.05, 3.63) is 28.8 Å². The summed E-state index contributed by atoms with van der Waals surface area (Å²) in [6.45, 7) is 11.5. The highest BCUT2D eigenvalue weighted by atomic mass is 16.5. The van der Waals surface area contributed by atoms with Gasteiger partial charge < -0.3 is 15.4 Å². The minimum absolute atomic E-state index is 0.553. The topological polar surface area (TPSA) is 33.3 Å². The van der Waals surface area contributed by atoms with Gasteiger partial charge in [-0.1, -0.05) is 19.9 Å². The molecule has 0 fully saturated rings. The molecular weight excluding hydrogens is 224 g/mol. The van der Waals surface area contributed by atoms with E-state index in [-0.39, 0.29) is 0 Å². The molecule has 3 nitrogen and oxygen atoms in total. The highest BCUT2D eigenvalue weighted by Crippen LogP contribution is 2.23. The first-order valence-electron chi connectivity index (χ1n) is 6.63. The molecule has 0 saturated heterocycles. The monoisotopic (exact) mass is 250 g/mol. The Balaban J connectivity index is 2.46. The third-order valence-electron chi connectivity index (χ3n) is 3.24. The van der Waals surface area contributed by atoms with Crippen molar-refractivity contribution in [2.45, 2.75) is 40.3 Å². The number of rotatable bonds is 7. The van der Waals surface area contributed by atoms with Crippen LogP contribution in [0.1, 0.15) is 30.5 Å². The van der Waals surface area contributed by atoms with Gasteiger partial charge in [0.05, 0.1) is 7.11 Å². The van der Waals surface area contributed by atoms with E-state index in [4.69, 9.17) is 4.74 Å². The third kappa shape index (κ3) is 4.31. The first-order valence-corrected chi connectivity index (χ1v) is 6.63. The van der Waals surface area contributed by atoms with Crippen molar-refractivity contribution >= 4 is 0 Å². The van der Waals surface area contributed by atoms with E-state index in [9.17, 15) is 0 Å². The predicted octanol–water partition coefficient (Wildman–Crippen LogP) is 2.40. The summed E-state index contributed by atoms with van der Waals surface area (Å²) >= 11 is 0. The standard InChI is InChI=1S/C15H26N2O/c1-11(2)17-9-8-16-10-14-6-7-15(18-5)13(4)12(14)3/h6-7,11,16-17H,8-10H2,1-5H3. The number of hydrogen-bond donors (Lipinski definition) is 2. The normalized spacial score (nSPS) is 11.0. The van der Waals surface area contributed by atoms with Crippen molar-refractivity contribution < 1.29 is 4.74 Å². The van der Waals surface area contributed by atoms with Crippen molar-refractivity contribution in [3.63, 3.8) is 0 Å². The van der Waals surface area contributed by atoms with Crippen LogP contribution in [-0.2, 0) is 6.54 Å². The van der Waals surface area contributed by atoms with Crippen molar-refractivity contribution in [3.8, 4) is 5.75 Å². The molecule has 102 valence electrons. The molecule has 1 rings (SSSR count). The first-order chi connectivity index (χ1) is 8.56. The van der Waals surface area contributed by atoms with Gasteiger partial charge in [0.1, 0.15) is 5.75 Å². The van der Waals surface area contributed by atoms with Crippen molar-refractivity contribution in [2.24, 2.45) is 0 Å². The molecule has 0 aliphatic heterocycles. The van der Waals surface area contributed by atoms with Crippen LogP contribution in [0.4, 0.5) is 0 Å². The summed E-state index contributed by atoms with van der Waals surface area (Å²) in [7, 11) is 1.72. The lowest BCUT2D eigenvalue weighted by Crippen LogP contribution is -2.31. The van der Waals surface area contributed by atoms with E-state index < -0.39 is 0 Å². The summed E-state index contributed by atoms with van der Waals surface area (Å²) in [5, 5.41) is 6.85. The lowest BCUT2D eigenvalue weighted by molar-refractivity contribution is 0.411. The summed E-state index contributed by atoms with van der Waals surface area (Å²) in [6, 6.07) is 4.74. The van der Waals surface area contributed by atoms with Gasteiger partial charge in [0.25, 0.3) is 0 Å². The molecule has 2 N–H and O–H groups in total. The Labute approximate surface area is 111 Å². The minimum atomic E-state index is 0.553. The van der Waals surface area contributed by atoms with Crippen LogP contribution >= 0.6 is 0 Å². The molecule has 1 aromatic rings. The maximum atomic E-state index is 5.32. The molecule has 0 heterocycles. The Morgan fingerprint density at radius 3 is 2.44 bits per heavy atom. The summed E-state index contributed by atoms with van der Waals surface area (Å²) < 4.78 is 5.32. The Bertz CT molecular complexity index is 375. The smallest absolute Gasteiger partial charge is 0.122 e. The zero-order chi connectivity index (χ0) is 13.5. The van der Waals surface area contributed by atoms with Crippen LogP contribution in [0.2, 0.25) is 0 Å². The molecule has 3 heteroatoms. The molecular formula is C15H26N2O. The minimum Gasteiger partial charge on any atom is -0.496 e. The summed E-state index contributed by atoms with van der Waals surface area (Å²) in [5.41, 5.74) is 3.90. The maximum absolute atomic E-state index is 5.32. The molecule has 1 aromatic carbocycles. The molecule has 0 aliphatic rings. The number of methoxy groups -OCH3 is 1. The fourth-order valence-electron chi connectivity index (χ4n) is 1.94. The molecule has 0 aromatic heterocycles. The van der Waals surface area contributed by atoms with E-state index in [0.29, 0.717) is 6.04 Å². The van der Waals surface area contributed by atoms with E-state index in [2.05, 4.69) is 44.4 Å². The van der Waals surface area contributed by atoms with E-state index >= 15 is 0 Å². The zero-order valence-corrected chi connectivity index (χ0v) is 12.3. The molecule has 0 amide bonds. The second-order valence-corrected chi connectivity index (χ2v) is 4.96. The molecule has 0 saturated carbocycles. The van der Waals surface area contributed by atoms with Crippen LogP contribution in [0.3, 0.4) is 0 Å². The van der Waals surface area contributed by atoms with Gasteiger partial charge in [-0.05, 0) is 36.6 Å². The molecule has 18 heavy (non-hydrogen) atoms. The van der Waals surface area contributed by atoms with Crippen LogP contribution in [0.5, 0.6) is 5.75 Å². The number of ether oxygens (including phenoxy) is 1. The lowest BCUT2D eigenvalue weighted by Gasteiger charge is -2.14. The van der Waals surface area contributed by atoms with Gasteiger partial charge in [-0.15, -0.1) is 0 Å². The van der Waals surface area contributed by atoms with Gasteiger partial charge in [-0.3, -0.25) is 0 Å². The van der Waals surface area contributed by atoms with E-state index in [1.54, 1.807) is 7.11 Å². The van der Waals surface area contributed by atoms with Crippen LogP contribution in [0.15, 0.2) is 12.1 Å². The highest BCUT2D eigenvalue weighted by Gasteiger charge is 2.05. The van der Waals surface area contributed by atoms with Crippen LogP contribution in [0.25, 0.3) is 0 Å². The molecule has 0 aliphatic carbocycles. The SMILES string of the molecule is COc1ccc(CNCCNC(C)C)c(C)c1C. The van der Waals surface area contributed by atoms with Gasteiger partial charge in [0, 0.05) is 25.7 Å². The fraction of sp³-hybridized carbons (Fsp3) is 0.600. The Morgan fingerprint density at radius 1 is 1.11 bits per heavy atom. The lowest BCUT2D eigenvalue weighted by atomic mass is 10.0. The molecule has 0 atom stereocenters. The van der Waals surface area contributed by atoms with E-state index in [1.807, 2.05) is 6.07 Å². The van der Waals surface area contributed by atoms with Crippen LogP contribution < -0.4 is 15.4 Å². The van der Waals surface area contributed by atoms with E-state index in [1.165, 1.54) is 16.7 Å². The maximum Gasteiger partial charge on any atom is 0.122 e. The Morgan fingerprint density at radius 2 is 1.83 bits per heavy atom. The zero-order valence-electron chi connectivity index (χ0n) is 12.3. The van der Waals surface area contributed by atoms with Gasteiger partial charge in [0.2, 0.25) is 0 Å². The molecule has 0 spiro atoms. The number of benzene rings is 1. The molecule has 0 bridgehead atoms. The van der Waals surface area contributed by atoms with Gasteiger partial charge >= 0.3 is 0 Å². The number of hydrogen-bond acceptors (Lipinski definition) is 3. The van der Waals surface area contributed by atoms with Crippen molar-refractivity contribution in [1.82, 2.24) is 10.6 Å². The highest BCUT2D eigenvalue weighted by molar-refractivity contribution is 5.43. The van der Waals surface area contributed by atoms with Crippen LogP contribution in [-0.4, -0.2) is 26.2 Å². The quantitative estimate of drug-likeness (QED) is 0.729. The number of nitrogens with one attached hydrogen (secondary N) is 2. The predicted molar refractivity (Wildman–Crippen MR) is 77.3 cm³/mol. The average molecular weight is 250 g/mol. The average Bonchev–Trinajstić information content (AvgIpc) is 2.33. The summed E-state index contributed by atoms with van der Waals surface area (Å²) in [4.78, 5) is 0. The molecule has 0 radical (unpaired) electrons. The fourth-order valence-corrected chi connectivity index (χ4v) is 1.94. The first kappa shape index (κ1) is 15.0. The third-order valence-corrected chi connectivity index (χ3v) is 3.24. The van der Waals surface area contributed by atoms with Gasteiger partial charge in [0.15, 0.2) is 0 Å². The molecule has 0 unspecified atom stereocenters. The van der Waals surface area contributed by atoms with Crippen molar-refractivity contribution in [2.75, 3.05) is 20.2 Å². The second-order valence-electron chi connectivity index (χ2n) is 4.96. The largest absolute Gasteiger partial charge is 0.496 e. The van der Waals surface area contributed by atoms with Gasteiger partial charge in [-0.2, -0.15) is 0 Å². The van der Waals surface area contributed by atoms with Crippen molar-refractivity contribution in [1.29, 1.82) is 0 Å². The Kier molecular flexibility index (Phi) is 6.16. The summed E-state index contributed by atoms with van der Waals surface area (Å²) in [6.07, 6.45) is 0. The second kappa shape index (κ2) is 7.39.